The van der Waals surface area contributed by atoms with Gasteiger partial charge in [0.1, 0.15) is 0 Å². The van der Waals surface area contributed by atoms with E-state index < -0.39 is 0 Å². The Morgan fingerprint density at radius 2 is 1.07 bits per heavy atom. The Morgan fingerprint density at radius 1 is 0.600 bits per heavy atom. The van der Waals surface area contributed by atoms with Gasteiger partial charge in [-0.3, -0.25) is 4.39 Å². The second-order valence-corrected chi connectivity index (χ2v) is 11.3. The Labute approximate surface area is 185 Å². The van der Waals surface area contributed by atoms with Gasteiger partial charge in [0.15, 0.2) is 6.29 Å². The molecule has 0 aromatic heterocycles. The average Bonchev–Trinajstić information content (AvgIpc) is 2.83. The molecule has 3 heteroatoms. The zero-order chi connectivity index (χ0) is 20.8. The van der Waals surface area contributed by atoms with Crippen LogP contribution >= 0.6 is 0 Å². The van der Waals surface area contributed by atoms with Crippen molar-refractivity contribution in [3.8, 4) is 0 Å². The van der Waals surface area contributed by atoms with Gasteiger partial charge in [0.2, 0.25) is 0 Å². The van der Waals surface area contributed by atoms with Gasteiger partial charge < -0.3 is 9.47 Å². The molecule has 2 nitrogen and oxygen atoms in total. The normalized spacial score (nSPS) is 43.4. The van der Waals surface area contributed by atoms with Gasteiger partial charge in [0, 0.05) is 11.8 Å². The second kappa shape index (κ2) is 11.6. The van der Waals surface area contributed by atoms with Crippen LogP contribution in [0.1, 0.15) is 103 Å². The Balaban J connectivity index is 1.13. The van der Waals surface area contributed by atoms with Crippen molar-refractivity contribution in [3.05, 3.63) is 0 Å². The summed E-state index contributed by atoms with van der Waals surface area (Å²) in [4.78, 5) is 0. The van der Waals surface area contributed by atoms with Crippen LogP contribution in [0.2, 0.25) is 0 Å². The molecule has 0 unspecified atom stereocenters. The van der Waals surface area contributed by atoms with Crippen LogP contribution in [0, 0.1) is 41.4 Å². The highest BCUT2D eigenvalue weighted by molar-refractivity contribution is 4.85. The standard InChI is InChI=1S/C27H47FO2/c1-2-3-4-20-5-9-24(10-6-20)26-18-29-27(30-19-26)25-15-13-23(14-16-25)22-11-7-21(17-28)8-12-22/h20-27H,2-19H2,1H3. The van der Waals surface area contributed by atoms with Crippen molar-refractivity contribution in [1.29, 1.82) is 0 Å². The van der Waals surface area contributed by atoms with Crippen LogP contribution in [0.3, 0.4) is 0 Å². The first-order valence-corrected chi connectivity index (χ1v) is 13.6. The van der Waals surface area contributed by atoms with Crippen molar-refractivity contribution in [1.82, 2.24) is 0 Å². The minimum atomic E-state index is -0.100. The summed E-state index contributed by atoms with van der Waals surface area (Å²) in [6, 6.07) is 0. The summed E-state index contributed by atoms with van der Waals surface area (Å²) < 4.78 is 25.5. The van der Waals surface area contributed by atoms with Crippen molar-refractivity contribution in [2.45, 2.75) is 110 Å². The minimum absolute atomic E-state index is 0.0605. The molecule has 0 amide bonds. The molecule has 4 aliphatic rings. The first kappa shape index (κ1) is 23.0. The van der Waals surface area contributed by atoms with E-state index in [0.29, 0.717) is 17.8 Å². The number of unbranched alkanes of at least 4 members (excludes halogenated alkanes) is 1. The smallest absolute Gasteiger partial charge is 0.160 e. The Morgan fingerprint density at radius 3 is 1.60 bits per heavy atom. The molecule has 4 fully saturated rings. The first-order chi connectivity index (χ1) is 14.8. The molecule has 0 bridgehead atoms. The average molecular weight is 423 g/mol. The van der Waals surface area contributed by atoms with E-state index in [4.69, 9.17) is 9.47 Å². The number of halogens is 1. The molecule has 0 spiro atoms. The molecular weight excluding hydrogens is 375 g/mol. The van der Waals surface area contributed by atoms with Crippen LogP contribution in [-0.2, 0) is 9.47 Å². The van der Waals surface area contributed by atoms with E-state index in [0.717, 1.165) is 49.7 Å². The zero-order valence-corrected chi connectivity index (χ0v) is 19.5. The summed E-state index contributed by atoms with van der Waals surface area (Å²) in [6.07, 6.45) is 19.9. The zero-order valence-electron chi connectivity index (χ0n) is 19.5. The number of rotatable bonds is 7. The number of alkyl halides is 1. The van der Waals surface area contributed by atoms with Gasteiger partial charge in [-0.25, -0.2) is 0 Å². The Hall–Kier alpha value is -0.150. The van der Waals surface area contributed by atoms with E-state index in [1.54, 1.807) is 0 Å². The third kappa shape index (κ3) is 6.00. The summed E-state index contributed by atoms with van der Waals surface area (Å²) >= 11 is 0. The number of hydrogen-bond acceptors (Lipinski definition) is 2. The molecule has 3 aliphatic carbocycles. The van der Waals surface area contributed by atoms with Crippen molar-refractivity contribution in [3.63, 3.8) is 0 Å². The van der Waals surface area contributed by atoms with Crippen molar-refractivity contribution < 1.29 is 13.9 Å². The molecule has 0 radical (unpaired) electrons. The van der Waals surface area contributed by atoms with Crippen LogP contribution in [-0.4, -0.2) is 26.2 Å². The fraction of sp³-hybridized carbons (Fsp3) is 1.00. The lowest BCUT2D eigenvalue weighted by Crippen LogP contribution is -2.42. The van der Waals surface area contributed by atoms with E-state index in [2.05, 4.69) is 6.92 Å². The van der Waals surface area contributed by atoms with Gasteiger partial charge >= 0.3 is 0 Å². The molecular formula is C27H47FO2. The molecule has 0 N–H and O–H groups in total. The highest BCUT2D eigenvalue weighted by Gasteiger charge is 2.37. The fourth-order valence-electron chi connectivity index (χ4n) is 7.22. The van der Waals surface area contributed by atoms with Gasteiger partial charge in [-0.15, -0.1) is 0 Å². The largest absolute Gasteiger partial charge is 0.352 e. The predicted octanol–water partition coefficient (Wildman–Crippen LogP) is 7.55. The van der Waals surface area contributed by atoms with Crippen molar-refractivity contribution >= 4 is 0 Å². The molecule has 3 saturated carbocycles. The summed E-state index contributed by atoms with van der Waals surface area (Å²) in [6.45, 7) is 4.08. The highest BCUT2D eigenvalue weighted by Crippen LogP contribution is 2.44. The SMILES string of the molecule is CCCCC1CCC(C2COC(C3CCC(C4CCC(CF)CC4)CC3)OC2)CC1. The first-order valence-electron chi connectivity index (χ1n) is 13.6. The maximum atomic E-state index is 12.9. The quantitative estimate of drug-likeness (QED) is 0.421. The predicted molar refractivity (Wildman–Crippen MR) is 121 cm³/mol. The molecule has 174 valence electrons. The topological polar surface area (TPSA) is 18.5 Å². The summed E-state index contributed by atoms with van der Waals surface area (Å²) in [5.41, 5.74) is 0. The molecule has 1 saturated heterocycles. The molecule has 1 aliphatic heterocycles. The molecule has 1 heterocycles. The highest BCUT2D eigenvalue weighted by atomic mass is 19.1. The maximum Gasteiger partial charge on any atom is 0.160 e. The van der Waals surface area contributed by atoms with Crippen LogP contribution in [0.5, 0.6) is 0 Å². The second-order valence-electron chi connectivity index (χ2n) is 11.3. The Bertz CT molecular complexity index is 465. The van der Waals surface area contributed by atoms with Gasteiger partial charge in [-0.05, 0) is 93.8 Å². The van der Waals surface area contributed by atoms with Crippen LogP contribution in [0.15, 0.2) is 0 Å². The van der Waals surface area contributed by atoms with E-state index >= 15 is 0 Å². The van der Waals surface area contributed by atoms with Crippen LogP contribution in [0.25, 0.3) is 0 Å². The van der Waals surface area contributed by atoms with Gasteiger partial charge in [0.25, 0.3) is 0 Å². The molecule has 0 aromatic rings. The summed E-state index contributed by atoms with van der Waals surface area (Å²) in [7, 11) is 0. The lowest BCUT2D eigenvalue weighted by atomic mass is 9.69. The monoisotopic (exact) mass is 422 g/mol. The third-order valence-corrected chi connectivity index (χ3v) is 9.45. The van der Waals surface area contributed by atoms with Crippen molar-refractivity contribution in [2.75, 3.05) is 19.9 Å². The Kier molecular flexibility index (Phi) is 8.93. The fourth-order valence-corrected chi connectivity index (χ4v) is 7.22. The molecule has 0 aromatic carbocycles. The van der Waals surface area contributed by atoms with E-state index in [1.165, 1.54) is 83.5 Å². The number of ether oxygens (including phenoxy) is 2. The molecule has 0 atom stereocenters. The van der Waals surface area contributed by atoms with E-state index in [-0.39, 0.29) is 13.0 Å². The van der Waals surface area contributed by atoms with Crippen LogP contribution < -0.4 is 0 Å². The molecule has 4 rings (SSSR count). The molecule has 30 heavy (non-hydrogen) atoms. The maximum absolute atomic E-state index is 12.9. The summed E-state index contributed by atoms with van der Waals surface area (Å²) in [5, 5.41) is 0. The van der Waals surface area contributed by atoms with Gasteiger partial charge in [0.05, 0.1) is 19.9 Å². The van der Waals surface area contributed by atoms with Gasteiger partial charge in [-0.1, -0.05) is 39.0 Å². The van der Waals surface area contributed by atoms with Crippen LogP contribution in [0.4, 0.5) is 4.39 Å². The lowest BCUT2D eigenvalue weighted by molar-refractivity contribution is -0.237. The third-order valence-electron chi connectivity index (χ3n) is 9.45. The van der Waals surface area contributed by atoms with Gasteiger partial charge in [-0.2, -0.15) is 0 Å². The van der Waals surface area contributed by atoms with E-state index in [1.807, 2.05) is 0 Å². The number of hydrogen-bond donors (Lipinski definition) is 0. The van der Waals surface area contributed by atoms with E-state index in [9.17, 15) is 4.39 Å². The minimum Gasteiger partial charge on any atom is -0.352 e. The lowest BCUT2D eigenvalue weighted by Gasteiger charge is -2.42. The summed E-state index contributed by atoms with van der Waals surface area (Å²) in [5.74, 6) is 5.16. The van der Waals surface area contributed by atoms with Crippen molar-refractivity contribution in [2.24, 2.45) is 41.4 Å².